The van der Waals surface area contributed by atoms with Gasteiger partial charge in [0.1, 0.15) is 12.4 Å². The van der Waals surface area contributed by atoms with Crippen LogP contribution in [0.25, 0.3) is 0 Å². The first-order valence-corrected chi connectivity index (χ1v) is 7.34. The summed E-state index contributed by atoms with van der Waals surface area (Å²) in [5, 5.41) is 9.72. The van der Waals surface area contributed by atoms with Crippen LogP contribution in [0.15, 0.2) is 36.4 Å². The molecular weight excluding hydrogens is 337 g/mol. The van der Waals surface area contributed by atoms with Crippen LogP contribution in [0.2, 0.25) is 0 Å². The van der Waals surface area contributed by atoms with E-state index in [9.17, 15) is 4.39 Å². The van der Waals surface area contributed by atoms with E-state index in [1.807, 2.05) is 24.3 Å². The molecule has 0 aliphatic carbocycles. The fourth-order valence-electron chi connectivity index (χ4n) is 1.86. The largest absolute Gasteiger partial charge is 0.493 e. The summed E-state index contributed by atoms with van der Waals surface area (Å²) in [6.07, 6.45) is 0. The van der Waals surface area contributed by atoms with Gasteiger partial charge in [0.15, 0.2) is 11.5 Å². The molecule has 2 aromatic carbocycles. The van der Waals surface area contributed by atoms with Crippen molar-refractivity contribution >= 4 is 15.9 Å². The first kappa shape index (κ1) is 15.3. The number of nitriles is 1. The van der Waals surface area contributed by atoms with Gasteiger partial charge in [0.2, 0.25) is 0 Å². The van der Waals surface area contributed by atoms with Crippen molar-refractivity contribution in [2.24, 2.45) is 0 Å². The summed E-state index contributed by atoms with van der Waals surface area (Å²) in [6.45, 7) is 0.1000. The number of benzene rings is 2. The highest BCUT2D eigenvalue weighted by Gasteiger charge is 2.09. The minimum absolute atomic E-state index is 0.1000. The Balaban J connectivity index is 2.24. The summed E-state index contributed by atoms with van der Waals surface area (Å²) < 4.78 is 24.2. The molecular formula is C16H13BrFNO2. The van der Waals surface area contributed by atoms with E-state index in [2.05, 4.69) is 15.9 Å². The number of hydrogen-bond acceptors (Lipinski definition) is 3. The Morgan fingerprint density at radius 3 is 2.67 bits per heavy atom. The minimum atomic E-state index is -0.395. The van der Waals surface area contributed by atoms with Gasteiger partial charge in [-0.1, -0.05) is 22.0 Å². The molecule has 108 valence electrons. The third kappa shape index (κ3) is 3.73. The molecule has 0 aromatic heterocycles. The maximum absolute atomic E-state index is 13.3. The maximum Gasteiger partial charge on any atom is 0.161 e. The molecule has 3 nitrogen and oxygen atoms in total. The van der Waals surface area contributed by atoms with Gasteiger partial charge in [0.05, 0.1) is 18.7 Å². The Bertz CT molecular complexity index is 682. The Labute approximate surface area is 131 Å². The first-order valence-electron chi connectivity index (χ1n) is 6.22. The van der Waals surface area contributed by atoms with E-state index in [1.54, 1.807) is 7.11 Å². The van der Waals surface area contributed by atoms with Crippen molar-refractivity contribution in [1.29, 1.82) is 5.26 Å². The predicted octanol–water partition coefficient (Wildman–Crippen LogP) is 4.18. The number of halogens is 2. The third-order valence-corrected chi connectivity index (χ3v) is 3.60. The lowest BCUT2D eigenvalue weighted by atomic mass is 10.1. The van der Waals surface area contributed by atoms with E-state index in [0.29, 0.717) is 28.0 Å². The highest BCUT2D eigenvalue weighted by Crippen LogP contribution is 2.30. The van der Waals surface area contributed by atoms with Crippen molar-refractivity contribution in [1.82, 2.24) is 0 Å². The molecule has 0 bridgehead atoms. The number of hydrogen-bond donors (Lipinski definition) is 0. The summed E-state index contributed by atoms with van der Waals surface area (Å²) >= 11 is 3.38. The Kier molecular flexibility index (Phi) is 5.18. The molecule has 5 heteroatoms. The van der Waals surface area contributed by atoms with E-state index < -0.39 is 5.82 Å². The van der Waals surface area contributed by atoms with Gasteiger partial charge in [-0.25, -0.2) is 4.39 Å². The second-order valence-electron chi connectivity index (χ2n) is 4.32. The fourth-order valence-corrected chi connectivity index (χ4v) is 2.21. The average molecular weight is 350 g/mol. The van der Waals surface area contributed by atoms with Crippen LogP contribution in [0, 0.1) is 17.1 Å². The number of rotatable bonds is 5. The second-order valence-corrected chi connectivity index (χ2v) is 4.88. The molecule has 2 aromatic rings. The van der Waals surface area contributed by atoms with Crippen LogP contribution < -0.4 is 9.47 Å². The molecule has 0 aliphatic heterocycles. The fraction of sp³-hybridized carbons (Fsp3) is 0.188. The van der Waals surface area contributed by atoms with Crippen molar-refractivity contribution in [3.8, 4) is 17.6 Å². The number of alkyl halides is 1. The molecule has 0 fully saturated rings. The lowest BCUT2D eigenvalue weighted by molar-refractivity contribution is 0.283. The van der Waals surface area contributed by atoms with Crippen LogP contribution in [-0.4, -0.2) is 7.11 Å². The Hall–Kier alpha value is -2.06. The highest BCUT2D eigenvalue weighted by atomic mass is 79.9. The SMILES string of the molecule is COc1ccc(CBr)cc1OCc1cc(F)ccc1C#N. The zero-order valence-electron chi connectivity index (χ0n) is 11.4. The van der Waals surface area contributed by atoms with Crippen LogP contribution >= 0.6 is 15.9 Å². The molecule has 0 atom stereocenters. The van der Waals surface area contributed by atoms with Gasteiger partial charge in [0.25, 0.3) is 0 Å². The lowest BCUT2D eigenvalue weighted by Gasteiger charge is -2.12. The summed E-state index contributed by atoms with van der Waals surface area (Å²) in [4.78, 5) is 0. The zero-order valence-corrected chi connectivity index (χ0v) is 13.0. The van der Waals surface area contributed by atoms with Gasteiger partial charge in [-0.2, -0.15) is 5.26 Å². The topological polar surface area (TPSA) is 42.2 Å². The van der Waals surface area contributed by atoms with E-state index in [4.69, 9.17) is 14.7 Å². The monoisotopic (exact) mass is 349 g/mol. The molecule has 0 N–H and O–H groups in total. The Morgan fingerprint density at radius 2 is 2.00 bits per heavy atom. The van der Waals surface area contributed by atoms with Gasteiger partial charge in [0, 0.05) is 10.9 Å². The predicted molar refractivity (Wildman–Crippen MR) is 81.1 cm³/mol. The first-order chi connectivity index (χ1) is 10.2. The van der Waals surface area contributed by atoms with Gasteiger partial charge < -0.3 is 9.47 Å². The quantitative estimate of drug-likeness (QED) is 0.760. The highest BCUT2D eigenvalue weighted by molar-refractivity contribution is 9.08. The van der Waals surface area contributed by atoms with E-state index in [-0.39, 0.29) is 6.61 Å². The standard InChI is InChI=1S/C16H13BrFNO2/c1-20-15-5-2-11(8-17)6-16(15)21-10-13-7-14(18)4-3-12(13)9-19/h2-7H,8,10H2,1H3. The van der Waals surface area contributed by atoms with Crippen molar-refractivity contribution in [3.63, 3.8) is 0 Å². The maximum atomic E-state index is 13.3. The zero-order chi connectivity index (χ0) is 15.2. The third-order valence-electron chi connectivity index (χ3n) is 2.95. The van der Waals surface area contributed by atoms with Gasteiger partial charge in [-0.3, -0.25) is 0 Å². The summed E-state index contributed by atoms with van der Waals surface area (Å²) in [6, 6.07) is 11.6. The second kappa shape index (κ2) is 7.09. The molecule has 0 saturated carbocycles. The van der Waals surface area contributed by atoms with Gasteiger partial charge >= 0.3 is 0 Å². The summed E-state index contributed by atoms with van der Waals surface area (Å²) in [5.74, 6) is 0.756. The van der Waals surface area contributed by atoms with Crippen LogP contribution in [0.4, 0.5) is 4.39 Å². The molecule has 0 heterocycles. The van der Waals surface area contributed by atoms with E-state index in [1.165, 1.54) is 18.2 Å². The molecule has 21 heavy (non-hydrogen) atoms. The Morgan fingerprint density at radius 1 is 1.19 bits per heavy atom. The number of ether oxygens (including phenoxy) is 2. The van der Waals surface area contributed by atoms with E-state index in [0.717, 1.165) is 5.56 Å². The normalized spacial score (nSPS) is 10.0. The smallest absolute Gasteiger partial charge is 0.161 e. The van der Waals surface area contributed by atoms with Gasteiger partial charge in [-0.05, 0) is 35.9 Å². The molecule has 0 unspecified atom stereocenters. The van der Waals surface area contributed by atoms with Crippen LogP contribution in [0.5, 0.6) is 11.5 Å². The van der Waals surface area contributed by atoms with E-state index >= 15 is 0 Å². The molecule has 0 aliphatic rings. The van der Waals surface area contributed by atoms with Crippen LogP contribution in [-0.2, 0) is 11.9 Å². The number of methoxy groups -OCH3 is 1. The molecule has 0 amide bonds. The summed E-state index contributed by atoms with van der Waals surface area (Å²) in [7, 11) is 1.55. The summed E-state index contributed by atoms with van der Waals surface area (Å²) in [5.41, 5.74) is 1.93. The van der Waals surface area contributed by atoms with Crippen molar-refractivity contribution < 1.29 is 13.9 Å². The average Bonchev–Trinajstić information content (AvgIpc) is 2.52. The van der Waals surface area contributed by atoms with Crippen molar-refractivity contribution in [3.05, 3.63) is 58.9 Å². The molecule has 0 spiro atoms. The van der Waals surface area contributed by atoms with Crippen molar-refractivity contribution in [2.75, 3.05) is 7.11 Å². The minimum Gasteiger partial charge on any atom is -0.493 e. The number of nitrogens with zero attached hydrogens (tertiary/aromatic N) is 1. The lowest BCUT2D eigenvalue weighted by Crippen LogP contribution is -2.01. The molecule has 0 saturated heterocycles. The molecule has 0 radical (unpaired) electrons. The molecule has 2 rings (SSSR count). The van der Waals surface area contributed by atoms with Crippen molar-refractivity contribution in [2.45, 2.75) is 11.9 Å². The van der Waals surface area contributed by atoms with Crippen LogP contribution in [0.1, 0.15) is 16.7 Å². The van der Waals surface area contributed by atoms with Crippen LogP contribution in [0.3, 0.4) is 0 Å². The van der Waals surface area contributed by atoms with Gasteiger partial charge in [-0.15, -0.1) is 0 Å².